The molecular formula is C15H25NO4. The fourth-order valence-electron chi connectivity index (χ4n) is 1.78. The summed E-state index contributed by atoms with van der Waals surface area (Å²) in [4.78, 5) is 0. The zero-order valence-electron chi connectivity index (χ0n) is 12.5. The largest absolute Gasteiger partial charge is 0.493 e. The molecule has 1 rings (SSSR count). The highest BCUT2D eigenvalue weighted by atomic mass is 16.5. The second-order valence-corrected chi connectivity index (χ2v) is 4.58. The predicted octanol–water partition coefficient (Wildman–Crippen LogP) is 1.58. The van der Waals surface area contributed by atoms with Gasteiger partial charge in [0.25, 0.3) is 0 Å². The number of hydrogen-bond acceptors (Lipinski definition) is 5. The van der Waals surface area contributed by atoms with Crippen LogP contribution >= 0.6 is 0 Å². The Hall–Kier alpha value is -1.30. The van der Waals surface area contributed by atoms with Crippen LogP contribution in [0.1, 0.15) is 18.9 Å². The van der Waals surface area contributed by atoms with E-state index in [4.69, 9.17) is 14.2 Å². The highest BCUT2D eigenvalue weighted by Crippen LogP contribution is 2.28. The van der Waals surface area contributed by atoms with Crippen LogP contribution in [0.5, 0.6) is 11.5 Å². The lowest BCUT2D eigenvalue weighted by molar-refractivity contribution is 0.0319. The van der Waals surface area contributed by atoms with Crippen LogP contribution in [0.25, 0.3) is 0 Å². The maximum Gasteiger partial charge on any atom is 0.161 e. The van der Waals surface area contributed by atoms with Crippen LogP contribution in [0.2, 0.25) is 0 Å². The molecule has 0 aliphatic carbocycles. The molecule has 0 bridgehead atoms. The van der Waals surface area contributed by atoms with Crippen LogP contribution in [-0.2, 0) is 11.3 Å². The Bertz CT molecular complexity index is 384. The van der Waals surface area contributed by atoms with Gasteiger partial charge >= 0.3 is 0 Å². The molecule has 0 saturated heterocycles. The van der Waals surface area contributed by atoms with Gasteiger partial charge in [0, 0.05) is 13.7 Å². The van der Waals surface area contributed by atoms with E-state index in [1.54, 1.807) is 14.2 Å². The summed E-state index contributed by atoms with van der Waals surface area (Å²) >= 11 is 0. The molecule has 1 unspecified atom stereocenters. The summed E-state index contributed by atoms with van der Waals surface area (Å²) < 4.78 is 15.7. The maximum absolute atomic E-state index is 9.61. The normalized spacial score (nSPS) is 12.2. The smallest absolute Gasteiger partial charge is 0.161 e. The SMILES string of the molecule is CCCNCc1ccc(OC)c(OCC(O)COC)c1. The standard InChI is InChI=1S/C15H25NO4/c1-4-7-16-9-12-5-6-14(19-3)15(8-12)20-11-13(17)10-18-2/h5-6,8,13,16-17H,4,7,9-11H2,1-3H3. The van der Waals surface area contributed by atoms with Gasteiger partial charge in [0.1, 0.15) is 12.7 Å². The summed E-state index contributed by atoms with van der Waals surface area (Å²) in [7, 11) is 3.15. The van der Waals surface area contributed by atoms with E-state index in [9.17, 15) is 5.11 Å². The predicted molar refractivity (Wildman–Crippen MR) is 78.4 cm³/mol. The van der Waals surface area contributed by atoms with Crippen molar-refractivity contribution in [3.05, 3.63) is 23.8 Å². The molecule has 114 valence electrons. The fourth-order valence-corrected chi connectivity index (χ4v) is 1.78. The van der Waals surface area contributed by atoms with Crippen molar-refractivity contribution in [2.75, 3.05) is 34.0 Å². The fraction of sp³-hybridized carbons (Fsp3) is 0.600. The Labute approximate surface area is 120 Å². The second kappa shape index (κ2) is 9.58. The Morgan fingerprint density at radius 3 is 2.65 bits per heavy atom. The summed E-state index contributed by atoms with van der Waals surface area (Å²) in [5, 5.41) is 12.9. The van der Waals surface area contributed by atoms with Gasteiger partial charge < -0.3 is 24.6 Å². The molecule has 1 aromatic carbocycles. The monoisotopic (exact) mass is 283 g/mol. The van der Waals surface area contributed by atoms with Crippen molar-refractivity contribution in [2.24, 2.45) is 0 Å². The molecule has 0 aromatic heterocycles. The average Bonchev–Trinajstić information content (AvgIpc) is 2.46. The van der Waals surface area contributed by atoms with Crippen molar-refractivity contribution >= 4 is 0 Å². The molecular weight excluding hydrogens is 258 g/mol. The first-order chi connectivity index (χ1) is 9.71. The molecule has 0 fully saturated rings. The molecule has 0 spiro atoms. The van der Waals surface area contributed by atoms with Crippen LogP contribution in [0.15, 0.2) is 18.2 Å². The van der Waals surface area contributed by atoms with Crippen LogP contribution in [0, 0.1) is 0 Å². The Morgan fingerprint density at radius 1 is 1.20 bits per heavy atom. The molecule has 5 heteroatoms. The van der Waals surface area contributed by atoms with Gasteiger partial charge in [-0.15, -0.1) is 0 Å². The van der Waals surface area contributed by atoms with Gasteiger partial charge in [-0.1, -0.05) is 13.0 Å². The molecule has 1 aromatic rings. The number of benzene rings is 1. The van der Waals surface area contributed by atoms with Gasteiger partial charge in [-0.3, -0.25) is 0 Å². The number of ether oxygens (including phenoxy) is 3. The van der Waals surface area contributed by atoms with Crippen molar-refractivity contribution < 1.29 is 19.3 Å². The van der Waals surface area contributed by atoms with Crippen LogP contribution in [-0.4, -0.2) is 45.2 Å². The number of aliphatic hydroxyl groups excluding tert-OH is 1. The first-order valence-electron chi connectivity index (χ1n) is 6.88. The molecule has 20 heavy (non-hydrogen) atoms. The molecule has 0 saturated carbocycles. The van der Waals surface area contributed by atoms with E-state index in [1.807, 2.05) is 18.2 Å². The summed E-state index contributed by atoms with van der Waals surface area (Å²) in [5.41, 5.74) is 1.12. The van der Waals surface area contributed by atoms with Crippen molar-refractivity contribution in [1.29, 1.82) is 0 Å². The first kappa shape index (κ1) is 16.8. The summed E-state index contributed by atoms with van der Waals surface area (Å²) in [5.74, 6) is 1.30. The molecule has 0 aliphatic rings. The third kappa shape index (κ3) is 5.77. The third-order valence-corrected chi connectivity index (χ3v) is 2.77. The topological polar surface area (TPSA) is 60.0 Å². The molecule has 0 amide bonds. The van der Waals surface area contributed by atoms with E-state index in [2.05, 4.69) is 12.2 Å². The van der Waals surface area contributed by atoms with Gasteiger partial charge in [-0.25, -0.2) is 0 Å². The minimum Gasteiger partial charge on any atom is -0.493 e. The molecule has 2 N–H and O–H groups in total. The van der Waals surface area contributed by atoms with E-state index >= 15 is 0 Å². The Balaban J connectivity index is 2.63. The van der Waals surface area contributed by atoms with Gasteiger partial charge in [0.15, 0.2) is 11.5 Å². The van der Waals surface area contributed by atoms with Crippen LogP contribution in [0.3, 0.4) is 0 Å². The molecule has 0 radical (unpaired) electrons. The molecule has 5 nitrogen and oxygen atoms in total. The highest BCUT2D eigenvalue weighted by Gasteiger charge is 2.09. The third-order valence-electron chi connectivity index (χ3n) is 2.77. The number of nitrogens with one attached hydrogen (secondary N) is 1. The first-order valence-corrected chi connectivity index (χ1v) is 6.88. The molecule has 0 aliphatic heterocycles. The molecule has 1 atom stereocenters. The summed E-state index contributed by atoms with van der Waals surface area (Å²) in [6, 6.07) is 5.81. The lowest BCUT2D eigenvalue weighted by atomic mass is 10.2. The van der Waals surface area contributed by atoms with E-state index in [1.165, 1.54) is 0 Å². The van der Waals surface area contributed by atoms with E-state index < -0.39 is 6.10 Å². The van der Waals surface area contributed by atoms with Crippen LogP contribution < -0.4 is 14.8 Å². The van der Waals surface area contributed by atoms with E-state index in [-0.39, 0.29) is 13.2 Å². The minimum atomic E-state index is -0.647. The minimum absolute atomic E-state index is 0.177. The van der Waals surface area contributed by atoms with Gasteiger partial charge in [-0.05, 0) is 30.7 Å². The van der Waals surface area contributed by atoms with Gasteiger partial charge in [-0.2, -0.15) is 0 Å². The highest BCUT2D eigenvalue weighted by molar-refractivity contribution is 5.43. The average molecular weight is 283 g/mol. The van der Waals surface area contributed by atoms with Crippen molar-refractivity contribution in [3.63, 3.8) is 0 Å². The zero-order valence-corrected chi connectivity index (χ0v) is 12.5. The lowest BCUT2D eigenvalue weighted by Gasteiger charge is -2.15. The van der Waals surface area contributed by atoms with E-state index in [0.29, 0.717) is 11.5 Å². The van der Waals surface area contributed by atoms with E-state index in [0.717, 1.165) is 25.1 Å². The Kier molecular flexibility index (Phi) is 8.02. The quantitative estimate of drug-likeness (QED) is 0.638. The summed E-state index contributed by atoms with van der Waals surface area (Å²) in [6.45, 7) is 4.33. The lowest BCUT2D eigenvalue weighted by Crippen LogP contribution is -2.22. The number of aliphatic hydroxyl groups is 1. The van der Waals surface area contributed by atoms with Gasteiger partial charge in [0.05, 0.1) is 13.7 Å². The maximum atomic E-state index is 9.61. The summed E-state index contributed by atoms with van der Waals surface area (Å²) in [6.07, 6.45) is 0.453. The van der Waals surface area contributed by atoms with Gasteiger partial charge in [0.2, 0.25) is 0 Å². The van der Waals surface area contributed by atoms with Crippen molar-refractivity contribution in [3.8, 4) is 11.5 Å². The molecule has 0 heterocycles. The number of methoxy groups -OCH3 is 2. The zero-order chi connectivity index (χ0) is 14.8. The van der Waals surface area contributed by atoms with Crippen molar-refractivity contribution in [1.82, 2.24) is 5.32 Å². The van der Waals surface area contributed by atoms with Crippen molar-refractivity contribution in [2.45, 2.75) is 26.0 Å². The Morgan fingerprint density at radius 2 is 2.00 bits per heavy atom. The number of hydrogen-bond donors (Lipinski definition) is 2. The van der Waals surface area contributed by atoms with Crippen LogP contribution in [0.4, 0.5) is 0 Å². The second-order valence-electron chi connectivity index (χ2n) is 4.58. The number of rotatable bonds is 10.